The van der Waals surface area contributed by atoms with Gasteiger partial charge in [0.2, 0.25) is 0 Å². The van der Waals surface area contributed by atoms with Crippen LogP contribution < -0.4 is 0 Å². The van der Waals surface area contributed by atoms with Gasteiger partial charge in [0.05, 0.1) is 11.6 Å². The lowest BCUT2D eigenvalue weighted by Gasteiger charge is -2.14. The van der Waals surface area contributed by atoms with Gasteiger partial charge in [0.1, 0.15) is 6.29 Å². The highest BCUT2D eigenvalue weighted by Crippen LogP contribution is 2.33. The van der Waals surface area contributed by atoms with E-state index in [1.165, 1.54) is 5.39 Å². The number of aryl methyl sites for hydroxylation is 1. The molecule has 1 heterocycles. The van der Waals surface area contributed by atoms with Crippen LogP contribution in [0.15, 0.2) is 54.7 Å². The van der Waals surface area contributed by atoms with Gasteiger partial charge in [-0.2, -0.15) is 5.26 Å². The molecule has 3 rings (SSSR count). The van der Waals surface area contributed by atoms with Crippen molar-refractivity contribution in [3.05, 3.63) is 71.4 Å². The van der Waals surface area contributed by atoms with Crippen LogP contribution in [-0.2, 0) is 11.8 Å². The largest absolute Gasteiger partial charge is 0.350 e. The van der Waals surface area contributed by atoms with Crippen molar-refractivity contribution in [2.45, 2.75) is 12.3 Å². The first kappa shape index (κ1) is 14.1. The van der Waals surface area contributed by atoms with Crippen LogP contribution >= 0.6 is 0 Å². The van der Waals surface area contributed by atoms with E-state index in [2.05, 4.69) is 29.0 Å². The number of fused-ring (bicyclic) bond motifs is 1. The van der Waals surface area contributed by atoms with Crippen molar-refractivity contribution < 1.29 is 4.79 Å². The Morgan fingerprint density at radius 1 is 1.18 bits per heavy atom. The van der Waals surface area contributed by atoms with E-state index in [4.69, 9.17) is 5.26 Å². The van der Waals surface area contributed by atoms with Crippen molar-refractivity contribution in [1.29, 1.82) is 5.26 Å². The lowest BCUT2D eigenvalue weighted by molar-refractivity contribution is -0.108. The van der Waals surface area contributed by atoms with Gasteiger partial charge in [-0.3, -0.25) is 0 Å². The lowest BCUT2D eigenvalue weighted by Crippen LogP contribution is -2.01. The Labute approximate surface area is 129 Å². The van der Waals surface area contributed by atoms with Crippen molar-refractivity contribution >= 4 is 17.2 Å². The molecule has 0 fully saturated rings. The summed E-state index contributed by atoms with van der Waals surface area (Å²) in [6, 6.07) is 17.8. The van der Waals surface area contributed by atoms with E-state index in [0.29, 0.717) is 12.0 Å². The molecule has 0 saturated carbocycles. The first-order valence-corrected chi connectivity index (χ1v) is 7.22. The molecule has 22 heavy (non-hydrogen) atoms. The molecule has 0 aliphatic carbocycles. The first-order chi connectivity index (χ1) is 10.7. The van der Waals surface area contributed by atoms with E-state index in [1.54, 1.807) is 12.1 Å². The molecule has 2 aromatic carbocycles. The SMILES string of the molecule is Cn1cc([C@@H](CC=O)c2ccc(C#N)cc2)c2ccccc21. The van der Waals surface area contributed by atoms with E-state index in [9.17, 15) is 4.79 Å². The summed E-state index contributed by atoms with van der Waals surface area (Å²) in [7, 11) is 2.02. The molecular formula is C19H16N2O. The molecule has 0 N–H and O–H groups in total. The normalized spacial score (nSPS) is 12.0. The Morgan fingerprint density at radius 3 is 2.59 bits per heavy atom. The molecule has 0 radical (unpaired) electrons. The second-order valence-electron chi connectivity index (χ2n) is 5.40. The molecule has 1 atom stereocenters. The van der Waals surface area contributed by atoms with E-state index >= 15 is 0 Å². The fraction of sp³-hybridized carbons (Fsp3) is 0.158. The summed E-state index contributed by atoms with van der Waals surface area (Å²) in [6.07, 6.45) is 3.49. The zero-order chi connectivity index (χ0) is 15.5. The number of nitriles is 1. The topological polar surface area (TPSA) is 45.8 Å². The summed E-state index contributed by atoms with van der Waals surface area (Å²) in [6.45, 7) is 0. The minimum absolute atomic E-state index is 0.0105. The number of benzene rings is 2. The van der Waals surface area contributed by atoms with Gasteiger partial charge >= 0.3 is 0 Å². The number of carbonyl (C=O) groups is 1. The van der Waals surface area contributed by atoms with Crippen molar-refractivity contribution in [2.24, 2.45) is 7.05 Å². The van der Waals surface area contributed by atoms with Gasteiger partial charge in [0.25, 0.3) is 0 Å². The van der Waals surface area contributed by atoms with Crippen molar-refractivity contribution in [1.82, 2.24) is 4.57 Å². The summed E-state index contributed by atoms with van der Waals surface area (Å²) < 4.78 is 2.09. The number of aldehydes is 1. The first-order valence-electron chi connectivity index (χ1n) is 7.22. The van der Waals surface area contributed by atoms with Gasteiger partial charge in [-0.1, -0.05) is 30.3 Å². The molecule has 0 unspecified atom stereocenters. The molecule has 3 aromatic rings. The summed E-state index contributed by atoms with van der Waals surface area (Å²) in [5.74, 6) is 0.0105. The highest BCUT2D eigenvalue weighted by Gasteiger charge is 2.18. The number of hydrogen-bond acceptors (Lipinski definition) is 2. The highest BCUT2D eigenvalue weighted by molar-refractivity contribution is 5.85. The Kier molecular flexibility index (Phi) is 3.76. The quantitative estimate of drug-likeness (QED) is 0.686. The van der Waals surface area contributed by atoms with Gasteiger partial charge in [0, 0.05) is 36.5 Å². The van der Waals surface area contributed by atoms with Gasteiger partial charge in [-0.25, -0.2) is 0 Å². The number of carbonyl (C=O) groups excluding carboxylic acids is 1. The average Bonchev–Trinajstić information content (AvgIpc) is 2.90. The number of rotatable bonds is 4. The molecule has 1 aromatic heterocycles. The van der Waals surface area contributed by atoms with Crippen molar-refractivity contribution in [3.8, 4) is 6.07 Å². The third kappa shape index (κ3) is 2.40. The summed E-state index contributed by atoms with van der Waals surface area (Å²) in [5.41, 5.74) is 3.99. The Bertz CT molecular complexity index is 853. The summed E-state index contributed by atoms with van der Waals surface area (Å²) >= 11 is 0. The molecular weight excluding hydrogens is 272 g/mol. The van der Waals surface area contributed by atoms with Crippen LogP contribution in [0, 0.1) is 11.3 Å². The molecule has 3 nitrogen and oxygen atoms in total. The van der Waals surface area contributed by atoms with E-state index in [0.717, 1.165) is 22.9 Å². The fourth-order valence-corrected chi connectivity index (χ4v) is 2.98. The van der Waals surface area contributed by atoms with Gasteiger partial charge < -0.3 is 9.36 Å². The number of para-hydroxylation sites is 1. The molecule has 0 amide bonds. The van der Waals surface area contributed by atoms with Gasteiger partial charge in [-0.15, -0.1) is 0 Å². The predicted octanol–water partition coefficient (Wildman–Crippen LogP) is 3.77. The van der Waals surface area contributed by atoms with Crippen LogP contribution in [0.5, 0.6) is 0 Å². The Morgan fingerprint density at radius 2 is 1.91 bits per heavy atom. The van der Waals surface area contributed by atoms with Gasteiger partial charge in [0.15, 0.2) is 0 Å². The van der Waals surface area contributed by atoms with E-state index < -0.39 is 0 Å². The maximum atomic E-state index is 11.2. The zero-order valence-electron chi connectivity index (χ0n) is 12.4. The van der Waals surface area contributed by atoms with Crippen LogP contribution in [0.4, 0.5) is 0 Å². The summed E-state index contributed by atoms with van der Waals surface area (Å²) in [4.78, 5) is 11.2. The Balaban J connectivity index is 2.13. The van der Waals surface area contributed by atoms with Crippen LogP contribution in [0.1, 0.15) is 29.0 Å². The second kappa shape index (κ2) is 5.87. The average molecular weight is 288 g/mol. The predicted molar refractivity (Wildman–Crippen MR) is 86.6 cm³/mol. The minimum Gasteiger partial charge on any atom is -0.350 e. The second-order valence-corrected chi connectivity index (χ2v) is 5.40. The molecule has 0 aliphatic rings. The maximum absolute atomic E-state index is 11.2. The molecule has 0 spiro atoms. The Hall–Kier alpha value is -2.86. The van der Waals surface area contributed by atoms with Crippen LogP contribution in [-0.4, -0.2) is 10.9 Å². The zero-order valence-corrected chi connectivity index (χ0v) is 12.4. The highest BCUT2D eigenvalue weighted by atomic mass is 16.1. The summed E-state index contributed by atoms with van der Waals surface area (Å²) in [5, 5.41) is 10.1. The molecule has 108 valence electrons. The van der Waals surface area contributed by atoms with Crippen LogP contribution in [0.2, 0.25) is 0 Å². The van der Waals surface area contributed by atoms with Gasteiger partial charge in [-0.05, 0) is 29.3 Å². The molecule has 0 aliphatic heterocycles. The van der Waals surface area contributed by atoms with E-state index in [1.807, 2.05) is 31.3 Å². The number of nitrogens with zero attached hydrogens (tertiary/aromatic N) is 2. The van der Waals surface area contributed by atoms with Crippen LogP contribution in [0.3, 0.4) is 0 Å². The standard InChI is InChI=1S/C19H16N2O/c1-21-13-18(17-4-2-3-5-19(17)21)16(10-11-22)15-8-6-14(12-20)7-9-15/h2-9,11,13,16H,10H2,1H3/t16-/m0/s1. The lowest BCUT2D eigenvalue weighted by atomic mass is 9.88. The molecule has 3 heteroatoms. The number of aromatic nitrogens is 1. The monoisotopic (exact) mass is 288 g/mol. The third-order valence-electron chi connectivity index (χ3n) is 4.08. The fourth-order valence-electron chi connectivity index (χ4n) is 2.98. The molecule has 0 saturated heterocycles. The minimum atomic E-state index is 0.0105. The van der Waals surface area contributed by atoms with Crippen molar-refractivity contribution in [3.63, 3.8) is 0 Å². The maximum Gasteiger partial charge on any atom is 0.120 e. The van der Waals surface area contributed by atoms with E-state index in [-0.39, 0.29) is 5.92 Å². The third-order valence-corrected chi connectivity index (χ3v) is 4.08. The molecule has 0 bridgehead atoms. The number of hydrogen-bond donors (Lipinski definition) is 0. The van der Waals surface area contributed by atoms with Crippen molar-refractivity contribution in [2.75, 3.05) is 0 Å². The smallest absolute Gasteiger partial charge is 0.120 e. The van der Waals surface area contributed by atoms with Crippen LogP contribution in [0.25, 0.3) is 10.9 Å².